The van der Waals surface area contributed by atoms with Gasteiger partial charge in [-0.3, -0.25) is 0 Å². The Morgan fingerprint density at radius 3 is 1.60 bits per heavy atom. The van der Waals surface area contributed by atoms with Gasteiger partial charge in [-0.15, -0.1) is 0 Å². The summed E-state index contributed by atoms with van der Waals surface area (Å²) in [6.07, 6.45) is 1.20. The summed E-state index contributed by atoms with van der Waals surface area (Å²) in [6, 6.07) is 0. The molecule has 0 aromatic carbocycles. The van der Waals surface area contributed by atoms with E-state index < -0.39 is 12.2 Å². The van der Waals surface area contributed by atoms with Crippen LogP contribution < -0.4 is 0 Å². The second-order valence-corrected chi connectivity index (χ2v) is 4.39. The Morgan fingerprint density at radius 1 is 1.00 bits per heavy atom. The fraction of sp³-hybridized carbons (Fsp3) is 1.00. The van der Waals surface area contributed by atoms with E-state index in [1.807, 2.05) is 0 Å². The molecule has 2 rings (SSSR count). The topological polar surface area (TPSA) is 40.5 Å². The van der Waals surface area contributed by atoms with Crippen LogP contribution in [0.25, 0.3) is 0 Å². The molecule has 0 aliphatic heterocycles. The molecule has 0 heterocycles. The predicted octanol–water partition coefficient (Wildman–Crippen LogP) is 0.512. The maximum absolute atomic E-state index is 9.38. The van der Waals surface area contributed by atoms with Crippen LogP contribution in [-0.2, 0) is 0 Å². The second kappa shape index (κ2) is 2.19. The molecule has 2 fully saturated rings. The van der Waals surface area contributed by atoms with Crippen molar-refractivity contribution in [3.63, 3.8) is 0 Å². The van der Waals surface area contributed by atoms with Crippen molar-refractivity contribution in [1.82, 2.24) is 0 Å². The molecule has 2 nitrogen and oxygen atoms in total. The first-order valence-corrected chi connectivity index (χ1v) is 4.63. The molecule has 58 valence electrons. The van der Waals surface area contributed by atoms with Gasteiger partial charge in [0.1, 0.15) is 0 Å². The smallest absolute Gasteiger partial charge is 0.0841 e. The van der Waals surface area contributed by atoms with Gasteiger partial charge >= 0.3 is 0 Å². The van der Waals surface area contributed by atoms with Gasteiger partial charge in [0.2, 0.25) is 0 Å². The van der Waals surface area contributed by atoms with E-state index in [4.69, 9.17) is 0 Å². The van der Waals surface area contributed by atoms with Gasteiger partial charge in [-0.2, -0.15) is 0 Å². The van der Waals surface area contributed by atoms with Gasteiger partial charge in [-0.05, 0) is 12.8 Å². The van der Waals surface area contributed by atoms with Crippen LogP contribution in [0, 0.1) is 11.8 Å². The Hall–Kier alpha value is 0.400. The van der Waals surface area contributed by atoms with Crippen LogP contribution in [0.5, 0.6) is 0 Å². The van der Waals surface area contributed by atoms with E-state index in [0.717, 1.165) is 12.8 Å². The molecule has 2 N–H and O–H groups in total. The summed E-state index contributed by atoms with van der Waals surface area (Å²) in [5.41, 5.74) is 0. The molecule has 2 saturated carbocycles. The summed E-state index contributed by atoms with van der Waals surface area (Å²) in [6.45, 7) is 0. The van der Waals surface area contributed by atoms with Crippen molar-refractivity contribution in [2.45, 2.75) is 29.9 Å². The summed E-state index contributed by atoms with van der Waals surface area (Å²) in [4.78, 5) is 0.359. The number of hydrogen-bond donors (Lipinski definition) is 2. The molecule has 3 heteroatoms. The van der Waals surface area contributed by atoms with E-state index in [9.17, 15) is 10.2 Å². The van der Waals surface area contributed by atoms with E-state index in [2.05, 4.69) is 15.9 Å². The Labute approximate surface area is 68.4 Å². The van der Waals surface area contributed by atoms with Crippen molar-refractivity contribution in [2.24, 2.45) is 11.8 Å². The molecule has 0 aromatic rings. The molecule has 0 spiro atoms. The number of hydrogen-bond acceptors (Lipinski definition) is 2. The zero-order valence-electron chi connectivity index (χ0n) is 5.57. The van der Waals surface area contributed by atoms with Crippen molar-refractivity contribution in [2.75, 3.05) is 0 Å². The van der Waals surface area contributed by atoms with Crippen molar-refractivity contribution < 1.29 is 10.2 Å². The number of aliphatic hydroxyl groups is 2. The van der Waals surface area contributed by atoms with Crippen molar-refractivity contribution >= 4 is 15.9 Å². The number of fused-ring (bicyclic) bond motifs is 2. The number of rotatable bonds is 0. The lowest BCUT2D eigenvalue weighted by molar-refractivity contribution is -0.0160. The first-order valence-electron chi connectivity index (χ1n) is 3.72. The molecule has 2 bridgehead atoms. The van der Waals surface area contributed by atoms with Crippen LogP contribution in [0.1, 0.15) is 12.8 Å². The summed E-state index contributed by atoms with van der Waals surface area (Å²) < 4.78 is 0. The van der Waals surface area contributed by atoms with Crippen molar-refractivity contribution in [3.8, 4) is 0 Å². The lowest BCUT2D eigenvalue weighted by atomic mass is 9.95. The highest BCUT2D eigenvalue weighted by Crippen LogP contribution is 2.48. The summed E-state index contributed by atoms with van der Waals surface area (Å²) in [7, 11) is 0. The molecule has 5 atom stereocenters. The zero-order valence-corrected chi connectivity index (χ0v) is 7.16. The van der Waals surface area contributed by atoms with Gasteiger partial charge in [0.15, 0.2) is 0 Å². The normalized spacial score (nSPS) is 59.7. The first-order chi connectivity index (χ1) is 4.72. The SMILES string of the molecule is O[C@@H]1[C@H](O)[C@H]2CC[C@@H]1C2Br. The van der Waals surface area contributed by atoms with Crippen molar-refractivity contribution in [3.05, 3.63) is 0 Å². The zero-order chi connectivity index (χ0) is 7.30. The van der Waals surface area contributed by atoms with Crippen molar-refractivity contribution in [1.29, 1.82) is 0 Å². The fourth-order valence-corrected chi connectivity index (χ4v) is 3.40. The van der Waals surface area contributed by atoms with E-state index >= 15 is 0 Å². The Morgan fingerprint density at radius 2 is 1.40 bits per heavy atom. The van der Waals surface area contributed by atoms with Gasteiger partial charge in [0.25, 0.3) is 0 Å². The van der Waals surface area contributed by atoms with Gasteiger partial charge < -0.3 is 10.2 Å². The average molecular weight is 207 g/mol. The molecule has 0 aromatic heterocycles. The highest BCUT2D eigenvalue weighted by Gasteiger charge is 2.52. The number of alkyl halides is 1. The van der Waals surface area contributed by atoms with E-state index in [0.29, 0.717) is 16.7 Å². The maximum atomic E-state index is 9.38. The molecular formula is C7H11BrO2. The van der Waals surface area contributed by atoms with E-state index in [1.165, 1.54) is 0 Å². The van der Waals surface area contributed by atoms with Gasteiger partial charge in [0.05, 0.1) is 12.2 Å². The maximum Gasteiger partial charge on any atom is 0.0841 e. The average Bonchev–Trinajstić information content (AvgIpc) is 2.34. The van der Waals surface area contributed by atoms with E-state index in [1.54, 1.807) is 0 Å². The highest BCUT2D eigenvalue weighted by atomic mass is 79.9. The first kappa shape index (κ1) is 7.07. The molecule has 10 heavy (non-hydrogen) atoms. The van der Waals surface area contributed by atoms with Crippen LogP contribution in [0.2, 0.25) is 0 Å². The number of aliphatic hydroxyl groups excluding tert-OH is 2. The van der Waals surface area contributed by atoms with Gasteiger partial charge in [0, 0.05) is 16.7 Å². The molecule has 0 saturated heterocycles. The van der Waals surface area contributed by atoms with Gasteiger partial charge in [-0.25, -0.2) is 0 Å². The second-order valence-electron chi connectivity index (χ2n) is 3.33. The quantitative estimate of drug-likeness (QED) is 0.568. The molecule has 2 aliphatic rings. The van der Waals surface area contributed by atoms with Crippen LogP contribution >= 0.6 is 15.9 Å². The molecule has 0 amide bonds. The Kier molecular flexibility index (Phi) is 1.55. The van der Waals surface area contributed by atoms with Crippen LogP contribution in [-0.4, -0.2) is 27.2 Å². The minimum atomic E-state index is -0.469. The third-order valence-electron chi connectivity index (χ3n) is 2.88. The third-order valence-corrected chi connectivity index (χ3v) is 4.24. The molecule has 0 radical (unpaired) electrons. The molecule has 2 aliphatic carbocycles. The summed E-state index contributed by atoms with van der Waals surface area (Å²) in [5.74, 6) is 0.611. The number of halogens is 1. The third kappa shape index (κ3) is 0.713. The highest BCUT2D eigenvalue weighted by molar-refractivity contribution is 9.09. The summed E-state index contributed by atoms with van der Waals surface area (Å²) in [5, 5.41) is 18.8. The Bertz CT molecular complexity index is 127. The largest absolute Gasteiger partial charge is 0.390 e. The standard InChI is InChI=1S/C7H11BrO2/c8-5-3-1-2-4(5)7(10)6(3)9/h3-7,9-10H,1-2H2/t3-,4+,5?,6+,7-. The predicted molar refractivity (Wildman–Crippen MR) is 40.9 cm³/mol. The fourth-order valence-electron chi connectivity index (χ4n) is 2.25. The summed E-state index contributed by atoms with van der Waals surface area (Å²) >= 11 is 3.49. The van der Waals surface area contributed by atoms with Crippen LogP contribution in [0.4, 0.5) is 0 Å². The van der Waals surface area contributed by atoms with Crippen LogP contribution in [0.15, 0.2) is 0 Å². The molecular weight excluding hydrogens is 196 g/mol. The minimum absolute atomic E-state index is 0.306. The van der Waals surface area contributed by atoms with E-state index in [-0.39, 0.29) is 0 Å². The monoisotopic (exact) mass is 206 g/mol. The van der Waals surface area contributed by atoms with Crippen LogP contribution in [0.3, 0.4) is 0 Å². The lowest BCUT2D eigenvalue weighted by Gasteiger charge is -2.21. The minimum Gasteiger partial charge on any atom is -0.390 e. The lowest BCUT2D eigenvalue weighted by Crippen LogP contribution is -2.31. The molecule has 1 unspecified atom stereocenters. The Balaban J connectivity index is 2.21. The van der Waals surface area contributed by atoms with Gasteiger partial charge in [-0.1, -0.05) is 15.9 Å².